The number of hydrogen-bond donors (Lipinski definition) is 2. The second-order valence-corrected chi connectivity index (χ2v) is 4.89. The third-order valence-corrected chi connectivity index (χ3v) is 3.61. The summed E-state index contributed by atoms with van der Waals surface area (Å²) >= 11 is 6.38. The number of halogens is 1. The van der Waals surface area contributed by atoms with E-state index in [1.165, 1.54) is 0 Å². The third-order valence-electron chi connectivity index (χ3n) is 3.23. The van der Waals surface area contributed by atoms with E-state index < -0.39 is 0 Å². The van der Waals surface area contributed by atoms with Gasteiger partial charge in [-0.2, -0.15) is 0 Å². The molecule has 0 fully saturated rings. The van der Waals surface area contributed by atoms with E-state index in [1.807, 2.05) is 43.0 Å². The SMILES string of the molecule is CCN(c1ccccc1C)c1nccc(/C(N)=N/O)c1Cl. The average molecular weight is 305 g/mol. The van der Waals surface area contributed by atoms with Crippen LogP contribution in [0.5, 0.6) is 0 Å². The number of amidine groups is 1. The Morgan fingerprint density at radius 2 is 2.10 bits per heavy atom. The summed E-state index contributed by atoms with van der Waals surface area (Å²) in [5.74, 6) is 0.544. The van der Waals surface area contributed by atoms with Crippen LogP contribution in [0.4, 0.5) is 11.5 Å². The molecule has 21 heavy (non-hydrogen) atoms. The van der Waals surface area contributed by atoms with Crippen molar-refractivity contribution in [1.82, 2.24) is 4.98 Å². The molecule has 2 rings (SSSR count). The molecule has 1 heterocycles. The molecule has 0 aliphatic heterocycles. The van der Waals surface area contributed by atoms with Gasteiger partial charge in [-0.15, -0.1) is 0 Å². The number of benzene rings is 1. The molecule has 0 aliphatic rings. The second kappa shape index (κ2) is 6.45. The summed E-state index contributed by atoms with van der Waals surface area (Å²) in [5.41, 5.74) is 8.23. The summed E-state index contributed by atoms with van der Waals surface area (Å²) in [5, 5.41) is 12.2. The van der Waals surface area contributed by atoms with Crippen molar-refractivity contribution in [1.29, 1.82) is 0 Å². The predicted molar refractivity (Wildman–Crippen MR) is 85.6 cm³/mol. The minimum Gasteiger partial charge on any atom is -0.409 e. The van der Waals surface area contributed by atoms with E-state index in [1.54, 1.807) is 12.3 Å². The number of nitrogens with zero attached hydrogens (tertiary/aromatic N) is 3. The molecule has 1 aromatic heterocycles. The summed E-state index contributed by atoms with van der Waals surface area (Å²) in [4.78, 5) is 6.34. The number of aromatic nitrogens is 1. The number of pyridine rings is 1. The highest BCUT2D eigenvalue weighted by molar-refractivity contribution is 6.36. The summed E-state index contributed by atoms with van der Waals surface area (Å²) in [6, 6.07) is 9.60. The van der Waals surface area contributed by atoms with E-state index in [2.05, 4.69) is 10.1 Å². The fraction of sp³-hybridized carbons (Fsp3) is 0.200. The number of hydrogen-bond acceptors (Lipinski definition) is 4. The minimum absolute atomic E-state index is 0.0375. The van der Waals surface area contributed by atoms with Gasteiger partial charge in [0.05, 0.1) is 5.02 Å². The summed E-state index contributed by atoms with van der Waals surface area (Å²) < 4.78 is 0. The first-order valence-electron chi connectivity index (χ1n) is 6.55. The molecule has 0 saturated carbocycles. The molecule has 0 unspecified atom stereocenters. The first-order valence-corrected chi connectivity index (χ1v) is 6.93. The molecular formula is C15H17ClN4O. The number of aryl methyl sites for hydroxylation is 1. The van der Waals surface area contributed by atoms with Crippen LogP contribution in [0.25, 0.3) is 0 Å². The fourth-order valence-corrected chi connectivity index (χ4v) is 2.48. The van der Waals surface area contributed by atoms with Gasteiger partial charge in [0.2, 0.25) is 0 Å². The molecule has 1 aromatic carbocycles. The number of para-hydroxylation sites is 1. The Balaban J connectivity index is 2.57. The van der Waals surface area contributed by atoms with Crippen LogP contribution < -0.4 is 10.6 Å². The maximum absolute atomic E-state index is 8.83. The van der Waals surface area contributed by atoms with Crippen molar-refractivity contribution >= 4 is 28.9 Å². The van der Waals surface area contributed by atoms with E-state index in [4.69, 9.17) is 22.5 Å². The van der Waals surface area contributed by atoms with Gasteiger partial charge >= 0.3 is 0 Å². The van der Waals surface area contributed by atoms with Crippen LogP contribution in [0.3, 0.4) is 0 Å². The zero-order valence-corrected chi connectivity index (χ0v) is 12.7. The molecule has 0 bridgehead atoms. The molecule has 0 radical (unpaired) electrons. The third kappa shape index (κ3) is 2.92. The normalized spacial score (nSPS) is 11.5. The Morgan fingerprint density at radius 1 is 1.38 bits per heavy atom. The smallest absolute Gasteiger partial charge is 0.171 e. The summed E-state index contributed by atoms with van der Waals surface area (Å²) in [6.07, 6.45) is 1.59. The van der Waals surface area contributed by atoms with Crippen molar-refractivity contribution < 1.29 is 5.21 Å². The molecule has 2 aromatic rings. The van der Waals surface area contributed by atoms with Gasteiger partial charge < -0.3 is 15.8 Å². The first kappa shape index (κ1) is 15.1. The second-order valence-electron chi connectivity index (χ2n) is 4.51. The molecule has 0 aliphatic carbocycles. The van der Waals surface area contributed by atoms with Crippen molar-refractivity contribution in [3.8, 4) is 0 Å². The maximum Gasteiger partial charge on any atom is 0.171 e. The molecule has 5 nitrogen and oxygen atoms in total. The molecule has 6 heteroatoms. The summed E-state index contributed by atoms with van der Waals surface area (Å²) in [6.45, 7) is 4.73. The first-order chi connectivity index (χ1) is 10.1. The molecule has 3 N–H and O–H groups in total. The lowest BCUT2D eigenvalue weighted by atomic mass is 10.1. The average Bonchev–Trinajstić information content (AvgIpc) is 2.50. The number of oxime groups is 1. The quantitative estimate of drug-likeness (QED) is 0.393. The van der Waals surface area contributed by atoms with Crippen molar-refractivity contribution in [2.45, 2.75) is 13.8 Å². The Labute approximate surface area is 128 Å². The van der Waals surface area contributed by atoms with Gasteiger partial charge in [-0.3, -0.25) is 0 Å². The van der Waals surface area contributed by atoms with Crippen molar-refractivity contribution in [3.63, 3.8) is 0 Å². The van der Waals surface area contributed by atoms with Crippen LogP contribution in [0.1, 0.15) is 18.1 Å². The minimum atomic E-state index is -0.0375. The lowest BCUT2D eigenvalue weighted by molar-refractivity contribution is 0.318. The standard InChI is InChI=1S/C15H17ClN4O/c1-3-20(12-7-5-4-6-10(12)2)15-13(16)11(8-9-18-15)14(17)19-21/h4-9,21H,3H2,1-2H3,(H2,17,19). The van der Waals surface area contributed by atoms with Crippen LogP contribution in [-0.2, 0) is 0 Å². The van der Waals surface area contributed by atoms with E-state index in [-0.39, 0.29) is 5.84 Å². The van der Waals surface area contributed by atoms with Crippen LogP contribution >= 0.6 is 11.6 Å². The molecule has 0 spiro atoms. The highest BCUT2D eigenvalue weighted by Gasteiger charge is 2.18. The topological polar surface area (TPSA) is 74.7 Å². The highest BCUT2D eigenvalue weighted by Crippen LogP contribution is 2.33. The zero-order chi connectivity index (χ0) is 15.4. The van der Waals surface area contributed by atoms with E-state index >= 15 is 0 Å². The Bertz CT molecular complexity index is 672. The zero-order valence-electron chi connectivity index (χ0n) is 11.9. The van der Waals surface area contributed by atoms with Gasteiger partial charge in [0.15, 0.2) is 11.7 Å². The predicted octanol–water partition coefficient (Wildman–Crippen LogP) is 3.30. The van der Waals surface area contributed by atoms with E-state index in [0.717, 1.165) is 11.3 Å². The highest BCUT2D eigenvalue weighted by atomic mass is 35.5. The van der Waals surface area contributed by atoms with Crippen molar-refractivity contribution in [2.75, 3.05) is 11.4 Å². The van der Waals surface area contributed by atoms with Crippen molar-refractivity contribution in [3.05, 3.63) is 52.7 Å². The van der Waals surface area contributed by atoms with E-state index in [9.17, 15) is 0 Å². The van der Waals surface area contributed by atoms with Crippen LogP contribution in [0.2, 0.25) is 5.02 Å². The van der Waals surface area contributed by atoms with Gasteiger partial charge in [0.1, 0.15) is 0 Å². The number of rotatable bonds is 4. The van der Waals surface area contributed by atoms with Crippen molar-refractivity contribution in [2.24, 2.45) is 10.9 Å². The lowest BCUT2D eigenvalue weighted by Gasteiger charge is -2.25. The number of anilines is 2. The van der Waals surface area contributed by atoms with Gasteiger partial charge in [0.25, 0.3) is 0 Å². The Morgan fingerprint density at radius 3 is 2.71 bits per heavy atom. The van der Waals surface area contributed by atoms with E-state index in [0.29, 0.717) is 22.9 Å². The lowest BCUT2D eigenvalue weighted by Crippen LogP contribution is -2.21. The molecule has 0 saturated heterocycles. The largest absolute Gasteiger partial charge is 0.409 e. The number of nitrogens with two attached hydrogens (primary N) is 1. The van der Waals surface area contributed by atoms with Gasteiger partial charge in [-0.05, 0) is 31.5 Å². The van der Waals surface area contributed by atoms with Gasteiger partial charge in [0, 0.05) is 24.0 Å². The summed E-state index contributed by atoms with van der Waals surface area (Å²) in [7, 11) is 0. The van der Waals surface area contributed by atoms with Gasteiger partial charge in [-0.25, -0.2) is 4.98 Å². The molecular weight excluding hydrogens is 288 g/mol. The van der Waals surface area contributed by atoms with Crippen LogP contribution in [-0.4, -0.2) is 22.6 Å². The Kier molecular flexibility index (Phi) is 4.65. The Hall–Kier alpha value is -2.27. The van der Waals surface area contributed by atoms with Crippen LogP contribution in [0, 0.1) is 6.92 Å². The molecule has 0 atom stereocenters. The monoisotopic (exact) mass is 304 g/mol. The maximum atomic E-state index is 8.83. The molecule has 110 valence electrons. The fourth-order valence-electron chi connectivity index (χ4n) is 2.17. The van der Waals surface area contributed by atoms with Gasteiger partial charge in [-0.1, -0.05) is 35.0 Å². The van der Waals surface area contributed by atoms with Crippen LogP contribution in [0.15, 0.2) is 41.7 Å². The molecule has 0 amide bonds.